The van der Waals surface area contributed by atoms with E-state index in [0.717, 1.165) is 40.9 Å². The summed E-state index contributed by atoms with van der Waals surface area (Å²) in [6.45, 7) is 0.0620. The van der Waals surface area contributed by atoms with Gasteiger partial charge in [-0.3, -0.25) is 14.5 Å². The van der Waals surface area contributed by atoms with Crippen molar-refractivity contribution in [3.63, 3.8) is 0 Å². The number of hydrogen-bond acceptors (Lipinski definition) is 5. The third-order valence-electron chi connectivity index (χ3n) is 6.39. The Labute approximate surface area is 193 Å². The van der Waals surface area contributed by atoms with E-state index in [1.807, 2.05) is 42.5 Å². The number of nitrogens with one attached hydrogen (secondary N) is 2. The maximum atomic E-state index is 13.4. The topological polar surface area (TPSA) is 97.0 Å². The second-order valence-electron chi connectivity index (χ2n) is 8.38. The van der Waals surface area contributed by atoms with Gasteiger partial charge in [-0.25, -0.2) is 4.79 Å². The second kappa shape index (κ2) is 9.52. The van der Waals surface area contributed by atoms with Crippen LogP contribution in [0.2, 0.25) is 0 Å². The Morgan fingerprint density at radius 1 is 1.09 bits per heavy atom. The van der Waals surface area contributed by atoms with Crippen LogP contribution >= 0.6 is 0 Å². The van der Waals surface area contributed by atoms with Gasteiger partial charge in [0, 0.05) is 6.54 Å². The number of benzene rings is 2. The van der Waals surface area contributed by atoms with Gasteiger partial charge in [-0.15, -0.1) is 0 Å². The van der Waals surface area contributed by atoms with Crippen LogP contribution < -0.4 is 20.1 Å². The largest absolute Gasteiger partial charge is 0.493 e. The van der Waals surface area contributed by atoms with E-state index in [1.54, 1.807) is 14.2 Å². The number of ether oxygens (including phenoxy) is 2. The highest BCUT2D eigenvalue weighted by Crippen LogP contribution is 2.38. The third-order valence-corrected chi connectivity index (χ3v) is 6.39. The lowest BCUT2D eigenvalue weighted by molar-refractivity contribution is -0.135. The van der Waals surface area contributed by atoms with Crippen LogP contribution in [-0.4, -0.2) is 50.1 Å². The number of aryl methyl sites for hydroxylation is 1. The van der Waals surface area contributed by atoms with E-state index >= 15 is 0 Å². The van der Waals surface area contributed by atoms with Crippen LogP contribution in [-0.2, 0) is 28.0 Å². The fraction of sp³-hybridized carbons (Fsp3) is 0.400. The molecule has 2 N–H and O–H groups in total. The molecule has 0 bridgehead atoms. The van der Waals surface area contributed by atoms with Gasteiger partial charge in [0.25, 0.3) is 5.91 Å². The molecule has 0 radical (unpaired) electrons. The van der Waals surface area contributed by atoms with Crippen molar-refractivity contribution in [2.75, 3.05) is 27.3 Å². The lowest BCUT2D eigenvalue weighted by Crippen LogP contribution is -2.45. The van der Waals surface area contributed by atoms with Gasteiger partial charge in [0.2, 0.25) is 5.91 Å². The minimum absolute atomic E-state index is 0.305. The summed E-state index contributed by atoms with van der Waals surface area (Å²) in [7, 11) is 3.15. The summed E-state index contributed by atoms with van der Waals surface area (Å²) in [5.41, 5.74) is 1.81. The van der Waals surface area contributed by atoms with E-state index in [9.17, 15) is 14.4 Å². The Hall–Kier alpha value is -3.55. The van der Waals surface area contributed by atoms with E-state index in [4.69, 9.17) is 9.47 Å². The van der Waals surface area contributed by atoms with E-state index < -0.39 is 11.6 Å². The first-order valence-electron chi connectivity index (χ1n) is 11.2. The van der Waals surface area contributed by atoms with Gasteiger partial charge in [-0.05, 0) is 60.9 Å². The SMILES string of the molecule is COc1ccc(CCNC(=O)CN2C(=O)NC3(CCCCc4ccccc43)C2=O)cc1OC. The highest BCUT2D eigenvalue weighted by molar-refractivity contribution is 6.09. The van der Waals surface area contributed by atoms with Crippen LogP contribution in [0.1, 0.15) is 36.0 Å². The molecule has 174 valence electrons. The molecular weight excluding hydrogens is 422 g/mol. The van der Waals surface area contributed by atoms with Crippen LogP contribution in [0.5, 0.6) is 11.5 Å². The van der Waals surface area contributed by atoms with Crippen molar-refractivity contribution in [3.05, 3.63) is 59.2 Å². The molecule has 1 aliphatic carbocycles. The molecule has 1 atom stereocenters. The molecule has 1 heterocycles. The maximum Gasteiger partial charge on any atom is 0.325 e. The van der Waals surface area contributed by atoms with Crippen molar-refractivity contribution < 1.29 is 23.9 Å². The summed E-state index contributed by atoms with van der Waals surface area (Å²) in [5.74, 6) is 0.530. The normalized spacial score (nSPS) is 19.6. The third kappa shape index (κ3) is 4.37. The average Bonchev–Trinajstić information content (AvgIpc) is 2.96. The molecule has 4 amide bonds. The zero-order valence-corrected chi connectivity index (χ0v) is 19.0. The summed E-state index contributed by atoms with van der Waals surface area (Å²) < 4.78 is 10.5. The monoisotopic (exact) mass is 451 g/mol. The van der Waals surface area contributed by atoms with Gasteiger partial charge in [0.15, 0.2) is 11.5 Å². The second-order valence-corrected chi connectivity index (χ2v) is 8.38. The van der Waals surface area contributed by atoms with Crippen molar-refractivity contribution in [2.45, 2.75) is 37.6 Å². The lowest BCUT2D eigenvalue weighted by Gasteiger charge is -2.27. The van der Waals surface area contributed by atoms with Crippen molar-refractivity contribution in [1.29, 1.82) is 0 Å². The minimum Gasteiger partial charge on any atom is -0.493 e. The fourth-order valence-electron chi connectivity index (χ4n) is 4.70. The molecular formula is C25H29N3O5. The molecule has 4 rings (SSSR count). The lowest BCUT2D eigenvalue weighted by atomic mass is 9.84. The number of hydrogen-bond donors (Lipinski definition) is 2. The number of nitrogens with zero attached hydrogens (tertiary/aromatic N) is 1. The molecule has 0 saturated carbocycles. The van der Waals surface area contributed by atoms with Crippen LogP contribution in [0, 0.1) is 0 Å². The molecule has 8 nitrogen and oxygen atoms in total. The van der Waals surface area contributed by atoms with Crippen molar-refractivity contribution in [2.24, 2.45) is 0 Å². The van der Waals surface area contributed by atoms with Crippen LogP contribution in [0.4, 0.5) is 4.79 Å². The Morgan fingerprint density at radius 3 is 2.67 bits per heavy atom. The fourth-order valence-corrected chi connectivity index (χ4v) is 4.70. The van der Waals surface area contributed by atoms with Gasteiger partial charge >= 0.3 is 6.03 Å². The Bertz CT molecular complexity index is 1070. The summed E-state index contributed by atoms with van der Waals surface area (Å²) in [6, 6.07) is 12.8. The quantitative estimate of drug-likeness (QED) is 0.631. The van der Waals surface area contributed by atoms with Gasteiger partial charge in [0.05, 0.1) is 14.2 Å². The Kier molecular flexibility index (Phi) is 6.53. The standard InChI is InChI=1S/C25H29N3O5/c1-32-20-11-10-17(15-21(20)33-2)12-14-26-22(29)16-28-23(30)25(27-24(28)31)13-6-5-8-18-7-3-4-9-19(18)25/h3-4,7,9-11,15H,5-6,8,12-14,16H2,1-2H3,(H,26,29)(H,27,31). The number of amides is 4. The smallest absolute Gasteiger partial charge is 0.325 e. The molecule has 2 aromatic carbocycles. The molecule has 1 saturated heterocycles. The average molecular weight is 452 g/mol. The number of urea groups is 1. The summed E-state index contributed by atoms with van der Waals surface area (Å²) in [6.07, 6.45) is 3.76. The van der Waals surface area contributed by atoms with Gasteiger partial charge < -0.3 is 20.1 Å². The summed E-state index contributed by atoms with van der Waals surface area (Å²) in [4.78, 5) is 39.7. The molecule has 0 aromatic heterocycles. The molecule has 1 unspecified atom stereocenters. The molecule has 2 aliphatic rings. The zero-order valence-electron chi connectivity index (χ0n) is 19.0. The predicted molar refractivity (Wildman–Crippen MR) is 122 cm³/mol. The highest BCUT2D eigenvalue weighted by Gasteiger charge is 2.53. The Morgan fingerprint density at radius 2 is 1.88 bits per heavy atom. The van der Waals surface area contributed by atoms with Gasteiger partial charge in [0.1, 0.15) is 12.1 Å². The molecule has 1 fully saturated rings. The van der Waals surface area contributed by atoms with E-state index in [0.29, 0.717) is 30.9 Å². The number of imide groups is 1. The van der Waals surface area contributed by atoms with Gasteiger partial charge in [-0.2, -0.15) is 0 Å². The Balaban J connectivity index is 1.39. The molecule has 1 spiro atoms. The molecule has 2 aromatic rings. The number of fused-ring (bicyclic) bond motifs is 2. The number of carbonyl (C=O) groups is 3. The number of rotatable bonds is 7. The molecule has 8 heteroatoms. The summed E-state index contributed by atoms with van der Waals surface area (Å²) >= 11 is 0. The van der Waals surface area contributed by atoms with Crippen LogP contribution in [0.15, 0.2) is 42.5 Å². The van der Waals surface area contributed by atoms with Crippen molar-refractivity contribution in [3.8, 4) is 11.5 Å². The number of methoxy groups -OCH3 is 2. The van der Waals surface area contributed by atoms with Gasteiger partial charge in [-0.1, -0.05) is 30.3 Å². The summed E-state index contributed by atoms with van der Waals surface area (Å²) in [5, 5.41) is 5.71. The first-order chi connectivity index (χ1) is 16.0. The first-order valence-corrected chi connectivity index (χ1v) is 11.2. The van der Waals surface area contributed by atoms with Crippen molar-refractivity contribution in [1.82, 2.24) is 15.5 Å². The van der Waals surface area contributed by atoms with E-state index in [1.165, 1.54) is 0 Å². The first kappa shape index (κ1) is 22.6. The van der Waals surface area contributed by atoms with Crippen LogP contribution in [0.25, 0.3) is 0 Å². The minimum atomic E-state index is -1.08. The van der Waals surface area contributed by atoms with E-state index in [-0.39, 0.29) is 18.4 Å². The van der Waals surface area contributed by atoms with Crippen LogP contribution in [0.3, 0.4) is 0 Å². The molecule has 1 aliphatic heterocycles. The number of carbonyl (C=O) groups excluding carboxylic acids is 3. The van der Waals surface area contributed by atoms with Crippen molar-refractivity contribution >= 4 is 17.8 Å². The highest BCUT2D eigenvalue weighted by atomic mass is 16.5. The predicted octanol–water partition coefficient (Wildman–Crippen LogP) is 2.54. The zero-order chi connectivity index (χ0) is 23.4. The maximum absolute atomic E-state index is 13.4. The molecule has 33 heavy (non-hydrogen) atoms. The van der Waals surface area contributed by atoms with E-state index in [2.05, 4.69) is 10.6 Å².